The highest BCUT2D eigenvalue weighted by atomic mass is 16.2. The summed E-state index contributed by atoms with van der Waals surface area (Å²) in [6.45, 7) is 3.89. The number of hydrazone groups is 1. The number of amides is 1. The number of aryl methyl sites for hydroxylation is 1. The summed E-state index contributed by atoms with van der Waals surface area (Å²) in [6.07, 6.45) is 2.60. The van der Waals surface area contributed by atoms with Gasteiger partial charge in [-0.05, 0) is 43.2 Å². The molecule has 124 valence electrons. The number of rotatable bonds is 4. The number of anilines is 2. The van der Waals surface area contributed by atoms with Gasteiger partial charge in [-0.25, -0.2) is 0 Å². The van der Waals surface area contributed by atoms with Crippen molar-refractivity contribution in [2.45, 2.75) is 20.3 Å². The highest BCUT2D eigenvalue weighted by Crippen LogP contribution is 2.25. The molecule has 25 heavy (non-hydrogen) atoms. The molecule has 2 aromatic carbocycles. The Morgan fingerprint density at radius 1 is 1.24 bits per heavy atom. The Kier molecular flexibility index (Phi) is 4.62. The maximum atomic E-state index is 12.7. The van der Waals surface area contributed by atoms with Crippen molar-refractivity contribution in [3.63, 3.8) is 0 Å². The molecule has 1 N–H and O–H groups in total. The van der Waals surface area contributed by atoms with E-state index in [1.165, 1.54) is 10.6 Å². The molecule has 0 atom stereocenters. The number of para-hydroxylation sites is 1. The molecule has 0 aromatic heterocycles. The smallest absolute Gasteiger partial charge is 0.282 e. The van der Waals surface area contributed by atoms with E-state index in [2.05, 4.69) is 29.5 Å². The lowest BCUT2D eigenvalue weighted by Crippen LogP contribution is -2.21. The fourth-order valence-electron chi connectivity index (χ4n) is 2.69. The second-order valence-corrected chi connectivity index (χ2v) is 5.68. The Balaban J connectivity index is 1.86. The van der Waals surface area contributed by atoms with Gasteiger partial charge in [0.15, 0.2) is 0 Å². The van der Waals surface area contributed by atoms with E-state index in [9.17, 15) is 4.79 Å². The van der Waals surface area contributed by atoms with Crippen LogP contribution in [0.5, 0.6) is 0 Å². The molecule has 2 aromatic rings. The molecule has 0 spiro atoms. The van der Waals surface area contributed by atoms with Crippen LogP contribution in [0.3, 0.4) is 0 Å². The monoisotopic (exact) mass is 330 g/mol. The summed E-state index contributed by atoms with van der Waals surface area (Å²) in [6, 6.07) is 16.9. The fourth-order valence-corrected chi connectivity index (χ4v) is 2.69. The SMILES string of the molecule is CCc1ccccc1NC=C1C(=O)N(c2cccc(C#N)c2)N=C1C. The van der Waals surface area contributed by atoms with Crippen molar-refractivity contribution in [3.05, 3.63) is 71.4 Å². The lowest BCUT2D eigenvalue weighted by molar-refractivity contribution is -0.114. The van der Waals surface area contributed by atoms with Crippen LogP contribution in [0, 0.1) is 11.3 Å². The van der Waals surface area contributed by atoms with Gasteiger partial charge in [0, 0.05) is 11.9 Å². The molecule has 3 rings (SSSR count). The molecule has 5 heteroatoms. The van der Waals surface area contributed by atoms with Crippen LogP contribution in [0.25, 0.3) is 0 Å². The molecule has 0 saturated heterocycles. The van der Waals surface area contributed by atoms with Crippen LogP contribution in [0.15, 0.2) is 65.4 Å². The molecule has 0 saturated carbocycles. The minimum absolute atomic E-state index is 0.214. The maximum absolute atomic E-state index is 12.7. The zero-order valence-electron chi connectivity index (χ0n) is 14.2. The number of benzene rings is 2. The maximum Gasteiger partial charge on any atom is 0.282 e. The summed E-state index contributed by atoms with van der Waals surface area (Å²) in [7, 11) is 0. The number of nitrogens with one attached hydrogen (secondary N) is 1. The van der Waals surface area contributed by atoms with Gasteiger partial charge in [0.25, 0.3) is 5.91 Å². The van der Waals surface area contributed by atoms with Gasteiger partial charge in [-0.15, -0.1) is 0 Å². The first-order valence-corrected chi connectivity index (χ1v) is 8.09. The van der Waals surface area contributed by atoms with Crippen molar-refractivity contribution in [1.29, 1.82) is 5.26 Å². The predicted octanol–water partition coefficient (Wildman–Crippen LogP) is 3.84. The number of nitrogens with zero attached hydrogens (tertiary/aromatic N) is 3. The summed E-state index contributed by atoms with van der Waals surface area (Å²) < 4.78 is 0. The van der Waals surface area contributed by atoms with Crippen molar-refractivity contribution in [3.8, 4) is 6.07 Å². The van der Waals surface area contributed by atoms with Crippen molar-refractivity contribution in [1.82, 2.24) is 0 Å². The predicted molar refractivity (Wildman–Crippen MR) is 99.3 cm³/mol. The van der Waals surface area contributed by atoms with Crippen molar-refractivity contribution >= 4 is 23.0 Å². The Bertz CT molecular complexity index is 921. The van der Waals surface area contributed by atoms with E-state index < -0.39 is 0 Å². The van der Waals surface area contributed by atoms with E-state index in [1.54, 1.807) is 37.4 Å². The van der Waals surface area contributed by atoms with E-state index in [0.29, 0.717) is 22.5 Å². The number of carbonyl (C=O) groups is 1. The quantitative estimate of drug-likeness (QED) is 0.866. The Morgan fingerprint density at radius 3 is 2.80 bits per heavy atom. The average Bonchev–Trinajstić information content (AvgIpc) is 2.94. The first-order chi connectivity index (χ1) is 12.1. The normalized spacial score (nSPS) is 15.2. The summed E-state index contributed by atoms with van der Waals surface area (Å²) in [5.41, 5.74) is 4.37. The third kappa shape index (κ3) is 3.29. The highest BCUT2D eigenvalue weighted by molar-refractivity contribution is 6.29. The fraction of sp³-hybridized carbons (Fsp3) is 0.150. The second kappa shape index (κ2) is 7.02. The largest absolute Gasteiger partial charge is 0.361 e. The third-order valence-corrected chi connectivity index (χ3v) is 4.05. The molecule has 1 amide bonds. The number of hydrogen-bond acceptors (Lipinski definition) is 4. The van der Waals surface area contributed by atoms with Crippen molar-refractivity contribution < 1.29 is 4.79 Å². The van der Waals surface area contributed by atoms with Gasteiger partial charge in [-0.2, -0.15) is 15.4 Å². The molecule has 5 nitrogen and oxygen atoms in total. The summed E-state index contributed by atoms with van der Waals surface area (Å²) in [5.74, 6) is -0.214. The first kappa shape index (κ1) is 16.5. The van der Waals surface area contributed by atoms with Crippen molar-refractivity contribution in [2.75, 3.05) is 10.3 Å². The minimum atomic E-state index is -0.214. The molecule has 1 heterocycles. The number of carbonyl (C=O) groups excluding carboxylic acids is 1. The second-order valence-electron chi connectivity index (χ2n) is 5.68. The van der Waals surface area contributed by atoms with E-state index in [0.717, 1.165) is 12.1 Å². The molecule has 0 fully saturated rings. The highest BCUT2D eigenvalue weighted by Gasteiger charge is 2.28. The molecule has 0 unspecified atom stereocenters. The molecule has 0 bridgehead atoms. The summed E-state index contributed by atoms with van der Waals surface area (Å²) >= 11 is 0. The summed E-state index contributed by atoms with van der Waals surface area (Å²) in [4.78, 5) is 12.7. The molecule has 1 aliphatic rings. The molecule has 0 aliphatic carbocycles. The lowest BCUT2D eigenvalue weighted by Gasteiger charge is -2.12. The van der Waals surface area contributed by atoms with Crippen LogP contribution < -0.4 is 10.3 Å². The lowest BCUT2D eigenvalue weighted by atomic mass is 10.1. The number of hydrogen-bond donors (Lipinski definition) is 1. The van der Waals surface area contributed by atoms with Gasteiger partial charge < -0.3 is 5.32 Å². The zero-order valence-corrected chi connectivity index (χ0v) is 14.2. The molecular formula is C20H18N4O. The Hall–Kier alpha value is -3.39. The van der Waals surface area contributed by atoms with Crippen LogP contribution in [0.4, 0.5) is 11.4 Å². The first-order valence-electron chi connectivity index (χ1n) is 8.09. The van der Waals surface area contributed by atoms with E-state index in [4.69, 9.17) is 5.26 Å². The van der Waals surface area contributed by atoms with Crippen LogP contribution in [0.1, 0.15) is 25.0 Å². The van der Waals surface area contributed by atoms with Crippen LogP contribution in [-0.4, -0.2) is 11.6 Å². The van der Waals surface area contributed by atoms with Gasteiger partial charge in [-0.3, -0.25) is 4.79 Å². The average molecular weight is 330 g/mol. The van der Waals surface area contributed by atoms with Crippen LogP contribution >= 0.6 is 0 Å². The van der Waals surface area contributed by atoms with E-state index >= 15 is 0 Å². The summed E-state index contributed by atoms with van der Waals surface area (Å²) in [5, 5.41) is 17.9. The van der Waals surface area contributed by atoms with E-state index in [-0.39, 0.29) is 5.91 Å². The van der Waals surface area contributed by atoms with Gasteiger partial charge in [-0.1, -0.05) is 31.2 Å². The topological polar surface area (TPSA) is 68.5 Å². The van der Waals surface area contributed by atoms with Crippen LogP contribution in [0.2, 0.25) is 0 Å². The third-order valence-electron chi connectivity index (χ3n) is 4.05. The molecular weight excluding hydrogens is 312 g/mol. The van der Waals surface area contributed by atoms with Gasteiger partial charge in [0.1, 0.15) is 0 Å². The molecule has 0 radical (unpaired) electrons. The minimum Gasteiger partial charge on any atom is -0.361 e. The zero-order chi connectivity index (χ0) is 17.8. The van der Waals surface area contributed by atoms with Gasteiger partial charge >= 0.3 is 0 Å². The standard InChI is InChI=1S/C20H18N4O/c1-3-16-8-4-5-10-19(16)22-13-18-14(2)23-24(20(18)25)17-9-6-7-15(11-17)12-21/h4-11,13,22H,3H2,1-2H3. The van der Waals surface area contributed by atoms with Crippen LogP contribution in [-0.2, 0) is 11.2 Å². The number of nitriles is 1. The molecule has 1 aliphatic heterocycles. The van der Waals surface area contributed by atoms with E-state index in [1.807, 2.05) is 18.2 Å². The Labute approximate surface area is 146 Å². The van der Waals surface area contributed by atoms with Crippen molar-refractivity contribution in [2.24, 2.45) is 5.10 Å². The Morgan fingerprint density at radius 2 is 2.04 bits per heavy atom. The van der Waals surface area contributed by atoms with Gasteiger partial charge in [0.2, 0.25) is 0 Å². The van der Waals surface area contributed by atoms with Gasteiger partial charge in [0.05, 0.1) is 28.6 Å².